The van der Waals surface area contributed by atoms with Gasteiger partial charge in [-0.25, -0.2) is 0 Å². The number of carbonyl (C=O) groups excluding carboxylic acids is 1. The minimum Gasteiger partial charge on any atom is -0.481 e. The molecule has 0 fully saturated rings. The topological polar surface area (TPSA) is 116 Å². The molecule has 1 aromatic rings. The fourth-order valence-electron chi connectivity index (χ4n) is 2.34. The van der Waals surface area contributed by atoms with E-state index in [1.807, 2.05) is 44.2 Å². The maximum Gasteiger partial charge on any atom is 0.323 e. The van der Waals surface area contributed by atoms with Gasteiger partial charge >= 0.3 is 11.9 Å². The van der Waals surface area contributed by atoms with E-state index in [4.69, 9.17) is 21.3 Å². The van der Waals surface area contributed by atoms with E-state index in [9.17, 15) is 9.59 Å². The quantitative estimate of drug-likeness (QED) is 0.590. The molecule has 0 aromatic heterocycles. The standard InChI is InChI=1S/C17H26N2O4/c1-11(2)8-13(18)15(10-16(20)21)23-17(22)14(19)9-12-6-4-3-5-7-12/h3-7,11,13-15H,8-10,18-19H2,1-2H3,(H,20,21)/t13-,14-,15-/m0/s1. The minimum atomic E-state index is -1.06. The fraction of sp³-hybridized carbons (Fsp3) is 0.529. The van der Waals surface area contributed by atoms with Crippen molar-refractivity contribution in [3.05, 3.63) is 35.9 Å². The molecule has 6 heteroatoms. The Labute approximate surface area is 136 Å². The highest BCUT2D eigenvalue weighted by molar-refractivity contribution is 5.77. The van der Waals surface area contributed by atoms with E-state index >= 15 is 0 Å². The van der Waals surface area contributed by atoms with E-state index in [1.54, 1.807) is 0 Å². The summed E-state index contributed by atoms with van der Waals surface area (Å²) < 4.78 is 5.29. The van der Waals surface area contributed by atoms with Crippen molar-refractivity contribution in [1.82, 2.24) is 0 Å². The van der Waals surface area contributed by atoms with Crippen LogP contribution in [-0.2, 0) is 20.7 Å². The monoisotopic (exact) mass is 322 g/mol. The Balaban J connectivity index is 2.65. The molecule has 3 atom stereocenters. The Hall–Kier alpha value is -1.92. The van der Waals surface area contributed by atoms with Crippen LogP contribution in [0.4, 0.5) is 0 Å². The van der Waals surface area contributed by atoms with Crippen molar-refractivity contribution in [3.63, 3.8) is 0 Å². The highest BCUT2D eigenvalue weighted by Crippen LogP contribution is 2.13. The lowest BCUT2D eigenvalue weighted by atomic mass is 9.98. The number of ether oxygens (including phenoxy) is 1. The van der Waals surface area contributed by atoms with Gasteiger partial charge in [-0.1, -0.05) is 44.2 Å². The Kier molecular flexibility index (Phi) is 7.71. The Morgan fingerprint density at radius 2 is 1.78 bits per heavy atom. The van der Waals surface area contributed by atoms with Crippen molar-refractivity contribution in [2.75, 3.05) is 0 Å². The Morgan fingerprint density at radius 1 is 1.17 bits per heavy atom. The molecule has 0 heterocycles. The summed E-state index contributed by atoms with van der Waals surface area (Å²) in [5.74, 6) is -1.41. The van der Waals surface area contributed by atoms with Crippen LogP contribution in [0, 0.1) is 5.92 Å². The molecule has 0 saturated heterocycles. The molecule has 23 heavy (non-hydrogen) atoms. The van der Waals surface area contributed by atoms with Crippen LogP contribution in [0.5, 0.6) is 0 Å². The van der Waals surface area contributed by atoms with Crippen molar-refractivity contribution in [2.45, 2.75) is 51.3 Å². The lowest BCUT2D eigenvalue weighted by Crippen LogP contribution is -2.44. The zero-order valence-electron chi connectivity index (χ0n) is 13.6. The molecule has 0 saturated carbocycles. The van der Waals surface area contributed by atoms with E-state index in [1.165, 1.54) is 0 Å². The summed E-state index contributed by atoms with van der Waals surface area (Å²) in [5, 5.41) is 8.98. The van der Waals surface area contributed by atoms with E-state index in [-0.39, 0.29) is 12.3 Å². The number of hydrogen-bond donors (Lipinski definition) is 3. The summed E-state index contributed by atoms with van der Waals surface area (Å²) in [5.41, 5.74) is 12.8. The first kappa shape index (κ1) is 19.1. The van der Waals surface area contributed by atoms with Crippen LogP contribution in [0.1, 0.15) is 32.3 Å². The third kappa shape index (κ3) is 7.25. The van der Waals surface area contributed by atoms with Gasteiger partial charge in [0.05, 0.1) is 6.42 Å². The predicted molar refractivity (Wildman–Crippen MR) is 87.7 cm³/mol. The third-order valence-electron chi connectivity index (χ3n) is 3.47. The number of aliphatic carboxylic acids is 1. The van der Waals surface area contributed by atoms with Gasteiger partial charge in [0.15, 0.2) is 0 Å². The molecule has 0 aliphatic carbocycles. The van der Waals surface area contributed by atoms with E-state index in [0.29, 0.717) is 12.8 Å². The molecule has 1 rings (SSSR count). The van der Waals surface area contributed by atoms with E-state index < -0.39 is 30.1 Å². The maximum atomic E-state index is 12.1. The lowest BCUT2D eigenvalue weighted by Gasteiger charge is -2.25. The first-order valence-electron chi connectivity index (χ1n) is 7.77. The molecule has 128 valence electrons. The number of carboxylic acids is 1. The molecule has 0 amide bonds. The first-order chi connectivity index (χ1) is 10.8. The van der Waals surface area contributed by atoms with Crippen LogP contribution >= 0.6 is 0 Å². The minimum absolute atomic E-state index is 0.276. The highest BCUT2D eigenvalue weighted by atomic mass is 16.5. The average molecular weight is 322 g/mol. The van der Waals surface area contributed by atoms with Gasteiger partial charge in [0.1, 0.15) is 12.1 Å². The maximum absolute atomic E-state index is 12.1. The van der Waals surface area contributed by atoms with E-state index in [0.717, 1.165) is 5.56 Å². The predicted octanol–water partition coefficient (Wildman–Crippen LogP) is 1.32. The molecule has 6 nitrogen and oxygen atoms in total. The van der Waals surface area contributed by atoms with Crippen LogP contribution in [0.25, 0.3) is 0 Å². The number of carbonyl (C=O) groups is 2. The van der Waals surface area contributed by atoms with Gasteiger partial charge in [-0.15, -0.1) is 0 Å². The fourth-order valence-corrected chi connectivity index (χ4v) is 2.34. The Morgan fingerprint density at radius 3 is 2.30 bits per heavy atom. The van der Waals surface area contributed by atoms with Crippen molar-refractivity contribution in [1.29, 1.82) is 0 Å². The number of hydrogen-bond acceptors (Lipinski definition) is 5. The molecule has 0 radical (unpaired) electrons. The van der Waals surface area contributed by atoms with Crippen LogP contribution in [0.3, 0.4) is 0 Å². The summed E-state index contributed by atoms with van der Waals surface area (Å²) in [6.07, 6.45) is -0.292. The van der Waals surface area contributed by atoms with Crippen molar-refractivity contribution in [2.24, 2.45) is 17.4 Å². The summed E-state index contributed by atoms with van der Waals surface area (Å²) in [4.78, 5) is 23.1. The smallest absolute Gasteiger partial charge is 0.323 e. The number of esters is 1. The molecule has 0 spiro atoms. The van der Waals surface area contributed by atoms with Crippen LogP contribution in [0.2, 0.25) is 0 Å². The molecule has 0 bridgehead atoms. The van der Waals surface area contributed by atoms with E-state index in [2.05, 4.69) is 0 Å². The molecular formula is C17H26N2O4. The largest absolute Gasteiger partial charge is 0.481 e. The van der Waals surface area contributed by atoms with Gasteiger partial charge in [0, 0.05) is 6.04 Å². The zero-order valence-corrected chi connectivity index (χ0v) is 13.6. The van der Waals surface area contributed by atoms with Gasteiger partial charge in [-0.3, -0.25) is 9.59 Å². The van der Waals surface area contributed by atoms with Crippen LogP contribution in [0.15, 0.2) is 30.3 Å². The molecular weight excluding hydrogens is 296 g/mol. The van der Waals surface area contributed by atoms with Crippen molar-refractivity contribution < 1.29 is 19.4 Å². The van der Waals surface area contributed by atoms with Gasteiger partial charge < -0.3 is 21.3 Å². The number of carboxylic acid groups (broad SMARTS) is 1. The van der Waals surface area contributed by atoms with Crippen molar-refractivity contribution in [3.8, 4) is 0 Å². The second-order valence-electron chi connectivity index (χ2n) is 6.16. The number of rotatable bonds is 9. The van der Waals surface area contributed by atoms with Crippen molar-refractivity contribution >= 4 is 11.9 Å². The third-order valence-corrected chi connectivity index (χ3v) is 3.47. The lowest BCUT2D eigenvalue weighted by molar-refractivity contribution is -0.155. The number of benzene rings is 1. The Bertz CT molecular complexity index is 505. The molecule has 1 aromatic carbocycles. The number of nitrogens with two attached hydrogens (primary N) is 2. The zero-order chi connectivity index (χ0) is 17.4. The first-order valence-corrected chi connectivity index (χ1v) is 7.77. The van der Waals surface area contributed by atoms with Gasteiger partial charge in [0.25, 0.3) is 0 Å². The second kappa shape index (κ2) is 9.27. The molecule has 0 aliphatic heterocycles. The average Bonchev–Trinajstić information content (AvgIpc) is 2.46. The summed E-state index contributed by atoms with van der Waals surface area (Å²) in [6.45, 7) is 3.95. The summed E-state index contributed by atoms with van der Waals surface area (Å²) in [7, 11) is 0. The highest BCUT2D eigenvalue weighted by Gasteiger charge is 2.28. The van der Waals surface area contributed by atoms with Crippen LogP contribution < -0.4 is 11.5 Å². The van der Waals surface area contributed by atoms with Gasteiger partial charge in [0.2, 0.25) is 0 Å². The van der Waals surface area contributed by atoms with Gasteiger partial charge in [-0.2, -0.15) is 0 Å². The summed E-state index contributed by atoms with van der Waals surface area (Å²) in [6, 6.07) is 7.96. The van der Waals surface area contributed by atoms with Gasteiger partial charge in [-0.05, 0) is 24.3 Å². The second-order valence-corrected chi connectivity index (χ2v) is 6.16. The molecule has 0 aliphatic rings. The normalized spacial score (nSPS) is 15.0. The SMILES string of the molecule is CC(C)C[C@H](N)[C@H](CC(=O)O)OC(=O)[C@@H](N)Cc1ccccc1. The molecule has 0 unspecified atom stereocenters. The summed E-state index contributed by atoms with van der Waals surface area (Å²) >= 11 is 0. The molecule has 5 N–H and O–H groups in total. The van der Waals surface area contributed by atoms with Crippen LogP contribution in [-0.4, -0.2) is 35.2 Å².